The van der Waals surface area contributed by atoms with Gasteiger partial charge in [-0.3, -0.25) is 14.4 Å². The summed E-state index contributed by atoms with van der Waals surface area (Å²) in [5.74, 6) is -1.89. The Balaban J connectivity index is 2.60. The molecule has 0 spiro atoms. The first-order valence-corrected chi connectivity index (χ1v) is 14.4. The Hall–Kier alpha value is -3.59. The van der Waals surface area contributed by atoms with Crippen molar-refractivity contribution in [1.82, 2.24) is 10.2 Å². The number of hydrogen-bond donors (Lipinski definition) is 3. The first kappa shape index (κ1) is 33.6. The molecule has 2 unspecified atom stereocenters. The lowest BCUT2D eigenvalue weighted by Crippen LogP contribution is -2.53. The Kier molecular flexibility index (Phi) is 12.6. The maximum Gasteiger partial charge on any atom is 0.408 e. The molecular weight excluding hydrogens is 544 g/mol. The van der Waals surface area contributed by atoms with E-state index in [1.807, 2.05) is 51.1 Å². The van der Waals surface area contributed by atoms with E-state index in [0.717, 1.165) is 30.4 Å². The second kappa shape index (κ2) is 15.4. The summed E-state index contributed by atoms with van der Waals surface area (Å²) in [5, 5.41) is 5.78. The standard InChI is InChI=1S/C31H43ClN4O5/c1-7-9-10-18-36(29(39)24(19-25(33)37)34-30(40)41-31(4,5)6)27(22-16-14-21(8-2)15-17-22)28(38)35-26-20(3)12-11-13-23(26)32/h11-17,24,27H,7-10,18-19H2,1-6H3,(H2,33,37)(H,34,40)(H,35,38). The fourth-order valence-corrected chi connectivity index (χ4v) is 4.61. The SMILES string of the molecule is CCCCCN(C(=O)C(CC(N)=O)NC(=O)OC(C)(C)C)C(C(=O)Nc1c(C)cccc1Cl)c1ccc(CC)cc1. The number of anilines is 1. The first-order chi connectivity index (χ1) is 19.3. The minimum absolute atomic E-state index is 0.201. The Labute approximate surface area is 248 Å². The van der Waals surface area contributed by atoms with Crippen molar-refractivity contribution in [2.45, 2.75) is 91.3 Å². The molecule has 0 heterocycles. The van der Waals surface area contributed by atoms with Gasteiger partial charge in [0.1, 0.15) is 17.7 Å². The molecule has 0 fully saturated rings. The lowest BCUT2D eigenvalue weighted by Gasteiger charge is -2.34. The molecule has 0 aliphatic carbocycles. The maximum absolute atomic E-state index is 14.1. The van der Waals surface area contributed by atoms with Gasteiger partial charge in [0.05, 0.1) is 17.1 Å². The highest BCUT2D eigenvalue weighted by Gasteiger charge is 2.37. The number of ether oxygens (including phenoxy) is 1. The number of benzene rings is 2. The van der Waals surface area contributed by atoms with E-state index in [-0.39, 0.29) is 6.54 Å². The third kappa shape index (κ3) is 10.4. The number of halogens is 1. The molecule has 0 saturated carbocycles. The van der Waals surface area contributed by atoms with Crippen LogP contribution in [0, 0.1) is 6.92 Å². The van der Waals surface area contributed by atoms with E-state index >= 15 is 0 Å². The van der Waals surface area contributed by atoms with Crippen LogP contribution in [0.25, 0.3) is 0 Å². The summed E-state index contributed by atoms with van der Waals surface area (Å²) >= 11 is 6.42. The van der Waals surface area contributed by atoms with Crippen LogP contribution in [0.15, 0.2) is 42.5 Å². The Bertz CT molecular complexity index is 1190. The monoisotopic (exact) mass is 586 g/mol. The quantitative estimate of drug-likeness (QED) is 0.260. The molecule has 0 aliphatic rings. The van der Waals surface area contributed by atoms with Crippen molar-refractivity contribution >= 4 is 41.1 Å². The highest BCUT2D eigenvalue weighted by molar-refractivity contribution is 6.34. The summed E-state index contributed by atoms with van der Waals surface area (Å²) in [5.41, 5.74) is 7.48. The number of aryl methyl sites for hydroxylation is 2. The van der Waals surface area contributed by atoms with E-state index < -0.39 is 47.9 Å². The molecule has 4 N–H and O–H groups in total. The van der Waals surface area contributed by atoms with Gasteiger partial charge in [0.2, 0.25) is 11.8 Å². The van der Waals surface area contributed by atoms with Gasteiger partial charge in [-0.1, -0.05) is 74.7 Å². The lowest BCUT2D eigenvalue weighted by atomic mass is 9.99. The average molecular weight is 587 g/mol. The number of alkyl carbamates (subject to hydrolysis) is 1. The smallest absolute Gasteiger partial charge is 0.408 e. The van der Waals surface area contributed by atoms with Gasteiger partial charge in [0.15, 0.2) is 0 Å². The molecule has 0 saturated heterocycles. The molecule has 0 radical (unpaired) electrons. The van der Waals surface area contributed by atoms with Crippen LogP contribution in [0.2, 0.25) is 5.02 Å². The highest BCUT2D eigenvalue weighted by Crippen LogP contribution is 2.30. The molecule has 2 aromatic rings. The van der Waals surface area contributed by atoms with Crippen LogP contribution in [-0.4, -0.2) is 46.9 Å². The predicted octanol–water partition coefficient (Wildman–Crippen LogP) is 5.68. The van der Waals surface area contributed by atoms with Crippen molar-refractivity contribution in [2.75, 3.05) is 11.9 Å². The molecule has 0 aromatic heterocycles. The number of nitrogens with two attached hydrogens (primary N) is 1. The molecular formula is C31H43ClN4O5. The number of carbonyl (C=O) groups excluding carboxylic acids is 4. The summed E-state index contributed by atoms with van der Waals surface area (Å²) < 4.78 is 5.33. The van der Waals surface area contributed by atoms with E-state index in [1.165, 1.54) is 4.90 Å². The van der Waals surface area contributed by atoms with Crippen molar-refractivity contribution in [3.63, 3.8) is 0 Å². The Morgan fingerprint density at radius 2 is 1.68 bits per heavy atom. The highest BCUT2D eigenvalue weighted by atomic mass is 35.5. The normalized spacial score (nSPS) is 12.7. The molecule has 9 nitrogen and oxygen atoms in total. The van der Waals surface area contributed by atoms with Crippen molar-refractivity contribution < 1.29 is 23.9 Å². The summed E-state index contributed by atoms with van der Waals surface area (Å²) in [4.78, 5) is 54.2. The fraction of sp³-hybridized carbons (Fsp3) is 0.484. The number of primary amides is 1. The molecule has 4 amide bonds. The van der Waals surface area contributed by atoms with Crippen molar-refractivity contribution in [3.05, 3.63) is 64.2 Å². The van der Waals surface area contributed by atoms with Crippen molar-refractivity contribution in [3.8, 4) is 0 Å². The first-order valence-electron chi connectivity index (χ1n) is 14.0. The van der Waals surface area contributed by atoms with E-state index in [2.05, 4.69) is 10.6 Å². The van der Waals surface area contributed by atoms with Gasteiger partial charge in [-0.25, -0.2) is 4.79 Å². The number of nitrogens with zero attached hydrogens (tertiary/aromatic N) is 1. The zero-order valence-electron chi connectivity index (χ0n) is 24.9. The van der Waals surface area contributed by atoms with Crippen LogP contribution in [0.5, 0.6) is 0 Å². The number of para-hydroxylation sites is 1. The van der Waals surface area contributed by atoms with Crippen molar-refractivity contribution in [1.29, 1.82) is 0 Å². The molecule has 0 aliphatic heterocycles. The summed E-state index contributed by atoms with van der Waals surface area (Å²) in [6.07, 6.45) is 1.75. The minimum atomic E-state index is -1.34. The van der Waals surface area contributed by atoms with Crippen LogP contribution in [0.4, 0.5) is 10.5 Å². The molecule has 2 aromatic carbocycles. The second-order valence-corrected chi connectivity index (χ2v) is 11.4. The largest absolute Gasteiger partial charge is 0.444 e. The van der Waals surface area contributed by atoms with Gasteiger partial charge in [0.25, 0.3) is 5.91 Å². The number of nitrogens with one attached hydrogen (secondary N) is 2. The van der Waals surface area contributed by atoms with Crippen LogP contribution in [0.3, 0.4) is 0 Å². The summed E-state index contributed by atoms with van der Waals surface area (Å²) in [6.45, 7) is 11.1. The van der Waals surface area contributed by atoms with Crippen LogP contribution >= 0.6 is 11.6 Å². The Morgan fingerprint density at radius 3 is 2.22 bits per heavy atom. The molecule has 2 atom stereocenters. The molecule has 41 heavy (non-hydrogen) atoms. The summed E-state index contributed by atoms with van der Waals surface area (Å²) in [7, 11) is 0. The van der Waals surface area contributed by atoms with Crippen LogP contribution in [0.1, 0.15) is 83.0 Å². The third-order valence-electron chi connectivity index (χ3n) is 6.41. The number of unbranched alkanes of at least 4 members (excludes halogenated alkanes) is 2. The van der Waals surface area contributed by atoms with E-state index in [0.29, 0.717) is 22.7 Å². The topological polar surface area (TPSA) is 131 Å². The van der Waals surface area contributed by atoms with E-state index in [4.69, 9.17) is 22.1 Å². The number of rotatable bonds is 13. The van der Waals surface area contributed by atoms with E-state index in [9.17, 15) is 19.2 Å². The maximum atomic E-state index is 14.1. The minimum Gasteiger partial charge on any atom is -0.444 e. The number of carbonyl (C=O) groups is 4. The number of hydrogen-bond acceptors (Lipinski definition) is 5. The van der Waals surface area contributed by atoms with Gasteiger partial charge in [-0.05, 0) is 63.3 Å². The Morgan fingerprint density at radius 1 is 1.02 bits per heavy atom. The second-order valence-electron chi connectivity index (χ2n) is 11.0. The third-order valence-corrected chi connectivity index (χ3v) is 6.73. The van der Waals surface area contributed by atoms with E-state index in [1.54, 1.807) is 32.9 Å². The fourth-order valence-electron chi connectivity index (χ4n) is 4.34. The molecule has 2 rings (SSSR count). The zero-order chi connectivity index (χ0) is 30.7. The molecule has 10 heteroatoms. The van der Waals surface area contributed by atoms with Gasteiger partial charge in [0, 0.05) is 6.54 Å². The summed E-state index contributed by atoms with van der Waals surface area (Å²) in [6, 6.07) is 10.3. The van der Waals surface area contributed by atoms with Crippen molar-refractivity contribution in [2.24, 2.45) is 5.73 Å². The lowest BCUT2D eigenvalue weighted by molar-refractivity contribution is -0.142. The molecule has 0 bridgehead atoms. The molecule has 224 valence electrons. The van der Waals surface area contributed by atoms with Crippen LogP contribution < -0.4 is 16.4 Å². The van der Waals surface area contributed by atoms with Gasteiger partial charge in [-0.2, -0.15) is 0 Å². The zero-order valence-corrected chi connectivity index (χ0v) is 25.6. The van der Waals surface area contributed by atoms with Gasteiger partial charge >= 0.3 is 6.09 Å². The van der Waals surface area contributed by atoms with Gasteiger partial charge in [-0.15, -0.1) is 0 Å². The van der Waals surface area contributed by atoms with Crippen LogP contribution in [-0.2, 0) is 25.5 Å². The van der Waals surface area contributed by atoms with Gasteiger partial charge < -0.3 is 26.0 Å². The number of amides is 4. The average Bonchev–Trinajstić information content (AvgIpc) is 2.88. The predicted molar refractivity (Wildman–Crippen MR) is 162 cm³/mol.